The van der Waals surface area contributed by atoms with E-state index in [1.807, 2.05) is 5.43 Å². The molecular weight excluding hydrogens is 521 g/mol. The van der Waals surface area contributed by atoms with Gasteiger partial charge in [-0.1, -0.05) is 35.3 Å². The molecule has 0 saturated carbocycles. The summed E-state index contributed by atoms with van der Waals surface area (Å²) in [5, 5.41) is 5.36. The molecule has 188 valence electrons. The van der Waals surface area contributed by atoms with Crippen LogP contribution < -0.4 is 10.7 Å². The maximum Gasteiger partial charge on any atom is 0.405 e. The number of amides is 2. The number of aliphatic imine (C=N–C) groups is 1. The van der Waals surface area contributed by atoms with Gasteiger partial charge in [-0.15, -0.1) is 0 Å². The Bertz CT molecular complexity index is 1160. The van der Waals surface area contributed by atoms with E-state index in [-0.39, 0.29) is 21.3 Å². The van der Waals surface area contributed by atoms with Crippen LogP contribution in [0, 0.1) is 6.92 Å². The minimum atomic E-state index is -4.62. The lowest BCUT2D eigenvalue weighted by molar-refractivity contribution is -0.183. The fraction of sp³-hybridized carbons (Fsp3) is 0.318. The van der Waals surface area contributed by atoms with Crippen molar-refractivity contribution in [2.45, 2.75) is 31.1 Å². The molecule has 0 aromatic heterocycles. The highest BCUT2D eigenvalue weighted by molar-refractivity contribution is 6.34. The second kappa shape index (κ2) is 10.1. The van der Waals surface area contributed by atoms with Crippen molar-refractivity contribution in [3.05, 3.63) is 68.7 Å². The highest BCUT2D eigenvalue weighted by atomic mass is 35.5. The first kappa shape index (κ1) is 26.8. The lowest BCUT2D eigenvalue weighted by Gasteiger charge is -2.31. The molecule has 5 nitrogen and oxygen atoms in total. The minimum Gasteiger partial charge on any atom is -0.328 e. The van der Waals surface area contributed by atoms with Crippen LogP contribution in [0.1, 0.15) is 28.7 Å². The first-order valence-electron chi connectivity index (χ1n) is 10.0. The topological polar surface area (TPSA) is 65.8 Å². The van der Waals surface area contributed by atoms with Crippen molar-refractivity contribution in [3.63, 3.8) is 0 Å². The fourth-order valence-electron chi connectivity index (χ4n) is 3.58. The number of nitrogens with zero attached hydrogens (tertiary/aromatic N) is 2. The van der Waals surface area contributed by atoms with E-state index in [9.17, 15) is 31.1 Å². The van der Waals surface area contributed by atoms with Crippen LogP contribution in [0.15, 0.2) is 46.5 Å². The molecule has 1 aliphatic rings. The molecule has 0 fully saturated rings. The van der Waals surface area contributed by atoms with Gasteiger partial charge in [0, 0.05) is 22.2 Å². The number of hydrogen-bond acceptors (Lipinski definition) is 3. The van der Waals surface area contributed by atoms with Crippen LogP contribution in [0.25, 0.3) is 0 Å². The van der Waals surface area contributed by atoms with Crippen molar-refractivity contribution in [2.24, 2.45) is 10.1 Å². The van der Waals surface area contributed by atoms with E-state index in [4.69, 9.17) is 23.2 Å². The molecule has 2 aromatic carbocycles. The molecule has 1 heterocycles. The highest BCUT2D eigenvalue weighted by Gasteiger charge is 2.58. The average molecular weight is 539 g/mol. The zero-order valence-corrected chi connectivity index (χ0v) is 19.5. The number of nitrogens with one attached hydrogen (secondary N) is 2. The Kier molecular flexibility index (Phi) is 7.71. The van der Waals surface area contributed by atoms with Crippen molar-refractivity contribution in [2.75, 3.05) is 13.1 Å². The Morgan fingerprint density at radius 1 is 1.11 bits per heavy atom. The summed E-state index contributed by atoms with van der Waals surface area (Å²) in [5.74, 6) is 0. The van der Waals surface area contributed by atoms with Crippen molar-refractivity contribution in [1.82, 2.24) is 10.7 Å². The number of aryl methyl sites for hydroxylation is 1. The predicted molar refractivity (Wildman–Crippen MR) is 122 cm³/mol. The van der Waals surface area contributed by atoms with Gasteiger partial charge in [0.05, 0.1) is 12.8 Å². The molecule has 35 heavy (non-hydrogen) atoms. The molecule has 0 radical (unpaired) electrons. The molecular formula is C22H18Cl2F6N4O. The lowest BCUT2D eigenvalue weighted by Crippen LogP contribution is -2.43. The predicted octanol–water partition coefficient (Wildman–Crippen LogP) is 6.19. The maximum absolute atomic E-state index is 14.2. The third kappa shape index (κ3) is 6.46. The Morgan fingerprint density at radius 3 is 2.34 bits per heavy atom. The summed E-state index contributed by atoms with van der Waals surface area (Å²) in [6.07, 6.45) is -8.39. The molecule has 0 saturated heterocycles. The van der Waals surface area contributed by atoms with Crippen molar-refractivity contribution in [1.29, 1.82) is 0 Å². The van der Waals surface area contributed by atoms with Gasteiger partial charge in [0.2, 0.25) is 0 Å². The van der Waals surface area contributed by atoms with Crippen molar-refractivity contribution in [3.8, 4) is 0 Å². The monoisotopic (exact) mass is 538 g/mol. The van der Waals surface area contributed by atoms with E-state index in [1.54, 1.807) is 30.4 Å². The van der Waals surface area contributed by atoms with Gasteiger partial charge >= 0.3 is 18.4 Å². The molecule has 0 bridgehead atoms. The normalized spacial score (nSPS) is 18.6. The van der Waals surface area contributed by atoms with E-state index >= 15 is 0 Å². The smallest absolute Gasteiger partial charge is 0.328 e. The number of rotatable bonds is 5. The SMILES string of the molecule is Cc1cc(C2=NCC(c3cc(Cl)cc(Cl)c3)(C(F)(F)F)C2)ccc1/C=N\NC(=O)NCC(F)(F)F. The van der Waals surface area contributed by atoms with E-state index < -0.39 is 43.3 Å². The Hall–Kier alpha value is -2.79. The summed E-state index contributed by atoms with van der Waals surface area (Å²) in [6, 6.07) is 7.40. The number of halogens is 8. The van der Waals surface area contributed by atoms with Gasteiger partial charge in [-0.25, -0.2) is 10.2 Å². The molecule has 1 atom stereocenters. The third-order valence-electron chi connectivity index (χ3n) is 5.39. The fourth-order valence-corrected chi connectivity index (χ4v) is 4.10. The molecule has 2 amide bonds. The zero-order chi connectivity index (χ0) is 26.0. The molecule has 2 aromatic rings. The van der Waals surface area contributed by atoms with Gasteiger partial charge in [-0.05, 0) is 53.4 Å². The first-order chi connectivity index (χ1) is 16.2. The Morgan fingerprint density at radius 2 is 1.77 bits per heavy atom. The van der Waals surface area contributed by atoms with Gasteiger partial charge in [0.1, 0.15) is 12.0 Å². The standard InChI is InChI=1S/C22H18Cl2F6N4O/c1-12-4-13(2-3-14(12)9-33-34-19(35)32-11-21(25,26)27)18-8-20(10-31-18,22(28,29)30)15-5-16(23)7-17(24)6-15/h2-7,9H,8,10-11H2,1H3,(H2,32,34,35)/b33-9-. The zero-order valence-electron chi connectivity index (χ0n) is 18.0. The second-order valence-corrected chi connectivity index (χ2v) is 8.79. The summed E-state index contributed by atoms with van der Waals surface area (Å²) in [6.45, 7) is -0.370. The van der Waals surface area contributed by atoms with Gasteiger partial charge in [-0.3, -0.25) is 4.99 Å². The number of urea groups is 1. The van der Waals surface area contributed by atoms with Crippen LogP contribution in [0.5, 0.6) is 0 Å². The molecule has 1 aliphatic heterocycles. The number of benzene rings is 2. The lowest BCUT2D eigenvalue weighted by atomic mass is 9.76. The summed E-state index contributed by atoms with van der Waals surface area (Å²) < 4.78 is 79.0. The molecule has 2 N–H and O–H groups in total. The highest BCUT2D eigenvalue weighted by Crippen LogP contribution is 2.48. The van der Waals surface area contributed by atoms with Gasteiger partial charge in [0.15, 0.2) is 0 Å². The third-order valence-corrected chi connectivity index (χ3v) is 5.83. The number of hydrogen-bond donors (Lipinski definition) is 2. The number of alkyl halides is 6. The van der Waals surface area contributed by atoms with Crippen LogP contribution in [0.3, 0.4) is 0 Å². The molecule has 13 heteroatoms. The summed E-state index contributed by atoms with van der Waals surface area (Å²) in [5.41, 5.74) is 1.36. The van der Waals surface area contributed by atoms with E-state index in [0.717, 1.165) is 0 Å². The second-order valence-electron chi connectivity index (χ2n) is 7.92. The number of carbonyl (C=O) groups excluding carboxylic acids is 1. The van der Waals surface area contributed by atoms with E-state index in [1.165, 1.54) is 24.4 Å². The largest absolute Gasteiger partial charge is 0.405 e. The van der Waals surface area contributed by atoms with Crippen LogP contribution >= 0.6 is 23.2 Å². The summed E-state index contributed by atoms with van der Waals surface area (Å²) >= 11 is 11.9. The molecule has 3 rings (SSSR count). The minimum absolute atomic E-state index is 0.0726. The molecule has 1 unspecified atom stereocenters. The molecule has 0 aliphatic carbocycles. The van der Waals surface area contributed by atoms with E-state index in [2.05, 4.69) is 10.1 Å². The van der Waals surface area contributed by atoms with Crippen LogP contribution in [-0.2, 0) is 5.41 Å². The van der Waals surface area contributed by atoms with Crippen LogP contribution in [0.4, 0.5) is 31.1 Å². The van der Waals surface area contributed by atoms with E-state index in [0.29, 0.717) is 16.7 Å². The van der Waals surface area contributed by atoms with Crippen LogP contribution in [0.2, 0.25) is 10.0 Å². The maximum atomic E-state index is 14.2. The van der Waals surface area contributed by atoms with Gasteiger partial charge in [0.25, 0.3) is 0 Å². The quantitative estimate of drug-likeness (QED) is 0.266. The van der Waals surface area contributed by atoms with Gasteiger partial charge < -0.3 is 5.32 Å². The van der Waals surface area contributed by atoms with Gasteiger partial charge in [-0.2, -0.15) is 31.4 Å². The number of hydrazone groups is 1. The van der Waals surface area contributed by atoms with Crippen molar-refractivity contribution >= 4 is 41.2 Å². The number of carbonyl (C=O) groups is 1. The summed E-state index contributed by atoms with van der Waals surface area (Å²) in [7, 11) is 0. The average Bonchev–Trinajstić information content (AvgIpc) is 3.19. The van der Waals surface area contributed by atoms with Crippen molar-refractivity contribution < 1.29 is 31.1 Å². The van der Waals surface area contributed by atoms with Crippen LogP contribution in [-0.4, -0.2) is 43.4 Å². The Balaban J connectivity index is 1.75. The first-order valence-corrected chi connectivity index (χ1v) is 10.8. The summed E-state index contributed by atoms with van der Waals surface area (Å²) in [4.78, 5) is 15.5. The molecule has 0 spiro atoms. The Labute approximate surface area is 206 Å².